The van der Waals surface area contributed by atoms with Crippen LogP contribution in [0.15, 0.2) is 6.17 Å². The minimum Gasteiger partial charge on any atom is -0.444 e. The Balaban J connectivity index is 2.66. The van der Waals surface area contributed by atoms with Gasteiger partial charge in [0.05, 0.1) is 12.4 Å². The molecular formula is C9H12N2O3S. The molecule has 0 radical (unpaired) electrons. The molecule has 0 saturated carbocycles. The number of thiazole rings is 1. The summed E-state index contributed by atoms with van der Waals surface area (Å²) in [7, 11) is 0. The van der Waals surface area contributed by atoms with Crippen molar-refractivity contribution < 1.29 is 15.7 Å². The first-order valence-electron chi connectivity index (χ1n) is 4.74. The second kappa shape index (κ2) is 4.39. The molecule has 6 heteroatoms. The fourth-order valence-electron chi connectivity index (χ4n) is 0.750. The van der Waals surface area contributed by atoms with Crippen molar-refractivity contribution in [3.63, 3.8) is 0 Å². The van der Waals surface area contributed by atoms with E-state index in [1.54, 1.807) is 20.8 Å². The van der Waals surface area contributed by atoms with Gasteiger partial charge < -0.3 is 4.74 Å². The van der Waals surface area contributed by atoms with Crippen LogP contribution in [0.4, 0.5) is 9.93 Å². The normalized spacial score (nSPS) is 11.8. The Labute approximate surface area is 92.9 Å². The maximum absolute atomic E-state index is 11.3. The van der Waals surface area contributed by atoms with E-state index in [0.717, 1.165) is 11.3 Å². The molecular weight excluding hydrogens is 216 g/mol. The molecule has 1 N–H and O–H groups in total. The number of nitrogens with one attached hydrogen (secondary N) is 1. The molecule has 0 aromatic carbocycles. The molecule has 82 valence electrons. The zero-order chi connectivity index (χ0) is 12.3. The predicted molar refractivity (Wildman–Crippen MR) is 57.4 cm³/mol. The van der Waals surface area contributed by atoms with Gasteiger partial charge in [0.2, 0.25) is 0 Å². The van der Waals surface area contributed by atoms with E-state index < -0.39 is 11.7 Å². The third-order valence-corrected chi connectivity index (χ3v) is 1.98. The zero-order valence-corrected chi connectivity index (χ0v) is 9.47. The summed E-state index contributed by atoms with van der Waals surface area (Å²) in [4.78, 5) is 25.6. The number of amides is 1. The van der Waals surface area contributed by atoms with E-state index in [9.17, 15) is 9.59 Å². The van der Waals surface area contributed by atoms with Crippen LogP contribution in [0.25, 0.3) is 0 Å². The molecule has 5 nitrogen and oxygen atoms in total. The van der Waals surface area contributed by atoms with Gasteiger partial charge in [-0.15, -0.1) is 0 Å². The van der Waals surface area contributed by atoms with E-state index >= 15 is 0 Å². The lowest BCUT2D eigenvalue weighted by Gasteiger charge is -2.18. The summed E-state index contributed by atoms with van der Waals surface area (Å²) in [6.07, 6.45) is -0.273. The first kappa shape index (κ1) is 10.1. The molecule has 0 aliphatic carbocycles. The van der Waals surface area contributed by atoms with Crippen molar-refractivity contribution in [2.75, 3.05) is 5.32 Å². The molecule has 0 aliphatic rings. The van der Waals surface area contributed by atoms with Crippen molar-refractivity contribution in [2.24, 2.45) is 0 Å². The summed E-state index contributed by atoms with van der Waals surface area (Å²) in [5.74, 6) is 0. The van der Waals surface area contributed by atoms with Gasteiger partial charge in [0.25, 0.3) is 0 Å². The lowest BCUT2D eigenvalue weighted by atomic mass is 10.2. The molecule has 0 spiro atoms. The average molecular weight is 229 g/mol. The van der Waals surface area contributed by atoms with E-state index in [1.165, 1.54) is 0 Å². The van der Waals surface area contributed by atoms with Crippen molar-refractivity contribution in [2.45, 2.75) is 26.4 Å². The van der Waals surface area contributed by atoms with Crippen molar-refractivity contribution in [3.05, 3.63) is 11.1 Å². The highest BCUT2D eigenvalue weighted by atomic mass is 32.1. The minimum absolute atomic E-state index is 0.147. The van der Waals surface area contributed by atoms with Gasteiger partial charge in [-0.25, -0.2) is 9.78 Å². The Morgan fingerprint density at radius 1 is 1.73 bits per heavy atom. The molecule has 1 aromatic heterocycles. The zero-order valence-electron chi connectivity index (χ0n) is 9.66. The third-order valence-electron chi connectivity index (χ3n) is 1.19. The van der Waals surface area contributed by atoms with Crippen molar-refractivity contribution >= 4 is 28.8 Å². The number of ether oxygens (including phenoxy) is 1. The lowest BCUT2D eigenvalue weighted by Crippen LogP contribution is -2.27. The first-order valence-corrected chi connectivity index (χ1v) is 5.06. The standard InChI is InChI=1S/C9H12N2O3S/c1-9(2,3)14-8(13)11-7-10-4-6(5-12)15-7/h4-5H,1-3H3,(H,10,11,13)/i4D. The van der Waals surface area contributed by atoms with E-state index in [4.69, 9.17) is 6.11 Å². The lowest BCUT2D eigenvalue weighted by molar-refractivity contribution is 0.0636. The Morgan fingerprint density at radius 3 is 2.87 bits per heavy atom. The largest absolute Gasteiger partial charge is 0.444 e. The van der Waals surface area contributed by atoms with E-state index in [0.29, 0.717) is 6.29 Å². The molecule has 1 heterocycles. The Bertz CT molecular complexity index is 411. The van der Waals surface area contributed by atoms with Gasteiger partial charge >= 0.3 is 6.09 Å². The predicted octanol–water partition coefficient (Wildman–Crippen LogP) is 2.30. The smallest absolute Gasteiger partial charge is 0.413 e. The Hall–Kier alpha value is -1.43. The molecule has 15 heavy (non-hydrogen) atoms. The highest BCUT2D eigenvalue weighted by Gasteiger charge is 2.17. The maximum atomic E-state index is 11.3. The number of carbonyl (C=O) groups excluding carboxylic acids is 2. The topological polar surface area (TPSA) is 68.3 Å². The molecule has 0 bridgehead atoms. The van der Waals surface area contributed by atoms with Crippen molar-refractivity contribution in [1.82, 2.24) is 4.98 Å². The molecule has 1 amide bonds. The number of hydrogen-bond donors (Lipinski definition) is 1. The first-order chi connectivity index (χ1) is 7.31. The summed E-state index contributed by atoms with van der Waals surface area (Å²) in [5.41, 5.74) is -0.599. The van der Waals surface area contributed by atoms with Crippen LogP contribution < -0.4 is 5.32 Å². The third kappa shape index (κ3) is 4.07. The number of hydrogen-bond acceptors (Lipinski definition) is 5. The summed E-state index contributed by atoms with van der Waals surface area (Å²) in [6.45, 7) is 5.21. The molecule has 0 fully saturated rings. The summed E-state index contributed by atoms with van der Waals surface area (Å²) in [5, 5.41) is 2.54. The number of nitrogens with zero attached hydrogens (tertiary/aromatic N) is 1. The average Bonchev–Trinajstić information content (AvgIpc) is 2.42. The minimum atomic E-state index is -0.654. The highest BCUT2D eigenvalue weighted by Crippen LogP contribution is 2.17. The summed E-state index contributed by atoms with van der Waals surface area (Å²) < 4.78 is 12.3. The highest BCUT2D eigenvalue weighted by molar-refractivity contribution is 7.17. The molecule has 0 saturated heterocycles. The number of anilines is 1. The maximum Gasteiger partial charge on any atom is 0.413 e. The number of rotatable bonds is 2. The van der Waals surface area contributed by atoms with Gasteiger partial charge in [-0.1, -0.05) is 11.3 Å². The van der Waals surface area contributed by atoms with E-state index in [-0.39, 0.29) is 16.2 Å². The van der Waals surface area contributed by atoms with Gasteiger partial charge in [0, 0.05) is 0 Å². The van der Waals surface area contributed by atoms with Gasteiger partial charge in [-0.3, -0.25) is 10.1 Å². The van der Waals surface area contributed by atoms with Crippen LogP contribution in [-0.2, 0) is 4.74 Å². The van der Waals surface area contributed by atoms with Crippen LogP contribution in [0.3, 0.4) is 0 Å². The molecule has 0 atom stereocenters. The fourth-order valence-corrected chi connectivity index (χ4v) is 1.32. The number of carbonyl (C=O) groups is 2. The van der Waals surface area contributed by atoms with Crippen LogP contribution in [0.2, 0.25) is 0 Å². The van der Waals surface area contributed by atoms with Crippen LogP contribution in [-0.4, -0.2) is 23.0 Å². The van der Waals surface area contributed by atoms with Gasteiger partial charge in [-0.05, 0) is 20.8 Å². The van der Waals surface area contributed by atoms with Gasteiger partial charge in [0.15, 0.2) is 11.4 Å². The fraction of sp³-hybridized carbons (Fsp3) is 0.444. The van der Waals surface area contributed by atoms with Crippen molar-refractivity contribution in [3.8, 4) is 0 Å². The van der Waals surface area contributed by atoms with Gasteiger partial charge in [-0.2, -0.15) is 0 Å². The molecule has 1 aromatic rings. The molecule has 1 rings (SSSR count). The van der Waals surface area contributed by atoms with Crippen LogP contribution >= 0.6 is 11.3 Å². The molecule has 0 unspecified atom stereocenters. The monoisotopic (exact) mass is 229 g/mol. The number of aldehydes is 1. The van der Waals surface area contributed by atoms with Crippen LogP contribution in [0, 0.1) is 0 Å². The molecule has 0 aliphatic heterocycles. The Kier molecular flexibility index (Phi) is 2.96. The van der Waals surface area contributed by atoms with Crippen LogP contribution in [0.5, 0.6) is 0 Å². The quantitative estimate of drug-likeness (QED) is 0.790. The van der Waals surface area contributed by atoms with Crippen molar-refractivity contribution in [1.29, 1.82) is 0 Å². The SMILES string of the molecule is [2H]c1nc(NC(=O)OC(C)(C)C)sc1C=O. The van der Waals surface area contributed by atoms with Crippen LogP contribution in [0.1, 0.15) is 31.8 Å². The van der Waals surface area contributed by atoms with E-state index in [2.05, 4.69) is 10.3 Å². The van der Waals surface area contributed by atoms with E-state index in [1.807, 2.05) is 0 Å². The summed E-state index contributed by atoms with van der Waals surface area (Å²) in [6, 6.07) is 0. The number of aromatic nitrogens is 1. The second-order valence-corrected chi connectivity index (χ2v) is 4.77. The second-order valence-electron chi connectivity index (χ2n) is 3.74. The van der Waals surface area contributed by atoms with Gasteiger partial charge in [0.1, 0.15) is 5.60 Å². The summed E-state index contributed by atoms with van der Waals surface area (Å²) >= 11 is 0.935. The Morgan fingerprint density at radius 2 is 2.40 bits per heavy atom.